The summed E-state index contributed by atoms with van der Waals surface area (Å²) in [5, 5.41) is 14.3. The third kappa shape index (κ3) is 4.56. The van der Waals surface area contributed by atoms with E-state index in [0.717, 1.165) is 21.3 Å². The number of anilines is 1. The lowest BCUT2D eigenvalue weighted by Crippen LogP contribution is -2.14. The minimum atomic E-state index is -0.194. The molecule has 3 heterocycles. The number of hydrogen-bond donors (Lipinski definition) is 2. The van der Waals surface area contributed by atoms with Gasteiger partial charge in [0, 0.05) is 38.4 Å². The molecular formula is C21H14Cl2N6OS2. The molecule has 0 atom stereocenters. The second kappa shape index (κ2) is 9.03. The molecule has 0 spiro atoms. The van der Waals surface area contributed by atoms with Crippen molar-refractivity contribution in [2.75, 3.05) is 11.1 Å². The van der Waals surface area contributed by atoms with E-state index < -0.39 is 0 Å². The fourth-order valence-corrected chi connectivity index (χ4v) is 4.96. The Bertz CT molecular complexity index is 1450. The van der Waals surface area contributed by atoms with Crippen molar-refractivity contribution in [3.8, 4) is 0 Å². The molecular weight excluding hydrogens is 487 g/mol. The highest BCUT2D eigenvalue weighted by molar-refractivity contribution is 7.99. The highest BCUT2D eigenvalue weighted by atomic mass is 35.5. The molecule has 11 heteroatoms. The molecule has 160 valence electrons. The Morgan fingerprint density at radius 1 is 1.16 bits per heavy atom. The van der Waals surface area contributed by atoms with Crippen LogP contribution in [-0.2, 0) is 11.2 Å². The fourth-order valence-electron chi connectivity index (χ4n) is 3.15. The molecule has 2 aromatic carbocycles. The quantitative estimate of drug-likeness (QED) is 0.295. The maximum atomic E-state index is 12.4. The Labute approximate surface area is 200 Å². The predicted molar refractivity (Wildman–Crippen MR) is 130 cm³/mol. The van der Waals surface area contributed by atoms with E-state index in [1.54, 1.807) is 12.3 Å². The number of hydrogen-bond acceptors (Lipinski definition) is 7. The van der Waals surface area contributed by atoms with Crippen LogP contribution in [0.2, 0.25) is 10.0 Å². The van der Waals surface area contributed by atoms with Crippen LogP contribution < -0.4 is 5.32 Å². The Hall–Kier alpha value is -2.72. The lowest BCUT2D eigenvalue weighted by molar-refractivity contribution is -0.113. The smallest absolute Gasteiger partial charge is 0.236 e. The standard InChI is InChI=1S/C21H14Cl2N6OS2/c22-12-5-6-16-14(8-12)18-19(25-16)27-21(29-28-18)31-10-17(30)26-20-24-9-13(32-20)7-11-3-1-2-4-15(11)23/h1-6,8-9H,7,10H2,(H,24,26,30)(H,25,27,29). The van der Waals surface area contributed by atoms with Crippen LogP contribution in [0.3, 0.4) is 0 Å². The van der Waals surface area contributed by atoms with E-state index in [1.807, 2.05) is 36.4 Å². The first-order chi connectivity index (χ1) is 15.5. The van der Waals surface area contributed by atoms with Gasteiger partial charge in [-0.1, -0.05) is 53.2 Å². The van der Waals surface area contributed by atoms with Gasteiger partial charge in [-0.25, -0.2) is 9.97 Å². The zero-order chi connectivity index (χ0) is 22.1. The van der Waals surface area contributed by atoms with Crippen molar-refractivity contribution >= 4 is 79.4 Å². The summed E-state index contributed by atoms with van der Waals surface area (Å²) in [7, 11) is 0. The van der Waals surface area contributed by atoms with Crippen molar-refractivity contribution < 1.29 is 4.79 Å². The van der Waals surface area contributed by atoms with Gasteiger partial charge in [0.05, 0.1) is 5.75 Å². The first-order valence-electron chi connectivity index (χ1n) is 9.47. The van der Waals surface area contributed by atoms with Crippen LogP contribution in [-0.4, -0.2) is 36.8 Å². The first kappa shape index (κ1) is 21.1. The van der Waals surface area contributed by atoms with Crippen LogP contribution in [0, 0.1) is 0 Å². The van der Waals surface area contributed by atoms with Gasteiger partial charge < -0.3 is 10.3 Å². The van der Waals surface area contributed by atoms with Crippen molar-refractivity contribution in [3.63, 3.8) is 0 Å². The molecule has 5 rings (SSSR count). The number of carbonyl (C=O) groups is 1. The number of amides is 1. The first-order valence-corrected chi connectivity index (χ1v) is 12.0. The number of benzene rings is 2. The van der Waals surface area contributed by atoms with Gasteiger partial charge in [-0.3, -0.25) is 4.79 Å². The Balaban J connectivity index is 1.21. The van der Waals surface area contributed by atoms with E-state index in [4.69, 9.17) is 23.2 Å². The molecule has 7 nitrogen and oxygen atoms in total. The number of nitrogens with one attached hydrogen (secondary N) is 2. The lowest BCUT2D eigenvalue weighted by Gasteiger charge is -2.01. The Morgan fingerprint density at radius 3 is 2.91 bits per heavy atom. The number of thioether (sulfide) groups is 1. The Kier molecular flexibility index (Phi) is 5.97. The molecule has 0 aliphatic carbocycles. The maximum absolute atomic E-state index is 12.4. The van der Waals surface area contributed by atoms with Crippen molar-refractivity contribution in [1.29, 1.82) is 0 Å². The molecule has 2 N–H and O–H groups in total. The van der Waals surface area contributed by atoms with Crippen LogP contribution in [0.25, 0.3) is 22.1 Å². The molecule has 0 saturated carbocycles. The minimum Gasteiger partial charge on any atom is -0.338 e. The zero-order valence-electron chi connectivity index (χ0n) is 16.3. The molecule has 3 aromatic heterocycles. The molecule has 0 aliphatic rings. The SMILES string of the molecule is O=C(CSc1nnc2c(n1)[nH]c1ccc(Cl)cc12)Nc1ncc(Cc2ccccc2Cl)s1. The van der Waals surface area contributed by atoms with Gasteiger partial charge >= 0.3 is 0 Å². The molecule has 0 fully saturated rings. The van der Waals surface area contributed by atoms with Crippen LogP contribution in [0.5, 0.6) is 0 Å². The summed E-state index contributed by atoms with van der Waals surface area (Å²) in [4.78, 5) is 25.3. The second-order valence-corrected chi connectivity index (χ2v) is 9.74. The van der Waals surface area contributed by atoms with E-state index in [2.05, 4.69) is 30.5 Å². The number of halogens is 2. The summed E-state index contributed by atoms with van der Waals surface area (Å²) in [6, 6.07) is 13.2. The van der Waals surface area contributed by atoms with E-state index >= 15 is 0 Å². The largest absolute Gasteiger partial charge is 0.338 e. The number of carbonyl (C=O) groups excluding carboxylic acids is 1. The van der Waals surface area contributed by atoms with Crippen molar-refractivity contribution in [3.05, 3.63) is 69.1 Å². The van der Waals surface area contributed by atoms with Crippen LogP contribution in [0.15, 0.2) is 53.8 Å². The summed E-state index contributed by atoms with van der Waals surface area (Å²) in [6.45, 7) is 0. The number of aromatic nitrogens is 5. The van der Waals surface area contributed by atoms with Gasteiger partial charge in [-0.05, 0) is 29.8 Å². The average molecular weight is 501 g/mol. The lowest BCUT2D eigenvalue weighted by atomic mass is 10.1. The van der Waals surface area contributed by atoms with Gasteiger partial charge in [0.15, 0.2) is 10.8 Å². The highest BCUT2D eigenvalue weighted by Crippen LogP contribution is 2.27. The maximum Gasteiger partial charge on any atom is 0.236 e. The molecule has 1 amide bonds. The number of H-pyrrole nitrogens is 1. The normalized spacial score (nSPS) is 11.3. The number of rotatable bonds is 6. The average Bonchev–Trinajstić information content (AvgIpc) is 3.37. The zero-order valence-corrected chi connectivity index (χ0v) is 19.4. The van der Waals surface area contributed by atoms with Crippen LogP contribution >= 0.6 is 46.3 Å². The third-order valence-corrected chi connectivity index (χ3v) is 6.97. The minimum absolute atomic E-state index is 0.138. The van der Waals surface area contributed by atoms with E-state index in [9.17, 15) is 4.79 Å². The summed E-state index contributed by atoms with van der Waals surface area (Å²) in [5.74, 6) is -0.0562. The van der Waals surface area contributed by atoms with E-state index in [0.29, 0.717) is 37.9 Å². The third-order valence-electron chi connectivity index (χ3n) is 4.61. The predicted octanol–water partition coefficient (Wildman–Crippen LogP) is 5.59. The van der Waals surface area contributed by atoms with Crippen molar-refractivity contribution in [1.82, 2.24) is 25.1 Å². The van der Waals surface area contributed by atoms with Crippen molar-refractivity contribution in [2.24, 2.45) is 0 Å². The topological polar surface area (TPSA) is 96.5 Å². The fraction of sp³-hybridized carbons (Fsp3) is 0.0952. The van der Waals surface area contributed by atoms with Gasteiger partial charge in [-0.2, -0.15) is 0 Å². The molecule has 5 aromatic rings. The van der Waals surface area contributed by atoms with Crippen LogP contribution in [0.1, 0.15) is 10.4 Å². The van der Waals surface area contributed by atoms with Gasteiger partial charge in [0.2, 0.25) is 11.1 Å². The number of thiazole rings is 1. The summed E-state index contributed by atoms with van der Waals surface area (Å²) < 4.78 is 0. The van der Waals surface area contributed by atoms with Crippen molar-refractivity contribution in [2.45, 2.75) is 11.6 Å². The van der Waals surface area contributed by atoms with E-state index in [-0.39, 0.29) is 11.7 Å². The summed E-state index contributed by atoms with van der Waals surface area (Å²) in [5.41, 5.74) is 3.14. The van der Waals surface area contributed by atoms with Gasteiger partial charge in [0.25, 0.3) is 0 Å². The molecule has 32 heavy (non-hydrogen) atoms. The number of fused-ring (bicyclic) bond motifs is 3. The highest BCUT2D eigenvalue weighted by Gasteiger charge is 2.13. The van der Waals surface area contributed by atoms with E-state index in [1.165, 1.54) is 23.1 Å². The number of nitrogens with zero attached hydrogens (tertiary/aromatic N) is 4. The molecule has 0 aliphatic heterocycles. The second-order valence-electron chi connectivity index (χ2n) is 6.84. The molecule has 0 radical (unpaired) electrons. The molecule has 0 saturated heterocycles. The summed E-state index contributed by atoms with van der Waals surface area (Å²) in [6.07, 6.45) is 2.41. The molecule has 0 bridgehead atoms. The van der Waals surface area contributed by atoms with Gasteiger partial charge in [0.1, 0.15) is 5.52 Å². The molecule has 0 unspecified atom stereocenters. The number of aromatic amines is 1. The monoisotopic (exact) mass is 500 g/mol. The van der Waals surface area contributed by atoms with Gasteiger partial charge in [-0.15, -0.1) is 21.5 Å². The summed E-state index contributed by atoms with van der Waals surface area (Å²) >= 11 is 14.9. The van der Waals surface area contributed by atoms with Crippen LogP contribution in [0.4, 0.5) is 5.13 Å². The Morgan fingerprint density at radius 2 is 2.03 bits per heavy atom.